The smallest absolute Gasteiger partial charge is 0.339 e. The number of nitrogens with two attached hydrogens (primary N) is 1. The van der Waals surface area contributed by atoms with Crippen molar-refractivity contribution >= 4 is 28.6 Å². The summed E-state index contributed by atoms with van der Waals surface area (Å²) in [6, 6.07) is 11.7. The lowest BCUT2D eigenvalue weighted by Gasteiger charge is -2.10. The van der Waals surface area contributed by atoms with Crippen LogP contribution in [0.4, 0.5) is 0 Å². The number of aromatic hydroxyl groups is 1. The number of carboxylic acid groups (broad SMARTS) is 1. The monoisotopic (exact) mass is 413 g/mol. The van der Waals surface area contributed by atoms with E-state index in [9.17, 15) is 9.90 Å². The lowest BCUT2D eigenvalue weighted by atomic mass is 10.1. The van der Waals surface area contributed by atoms with Crippen LogP contribution < -0.4 is 10.5 Å². The van der Waals surface area contributed by atoms with Gasteiger partial charge in [0.1, 0.15) is 22.8 Å². The van der Waals surface area contributed by atoms with E-state index >= 15 is 0 Å². The molecule has 0 unspecified atom stereocenters. The summed E-state index contributed by atoms with van der Waals surface area (Å²) in [7, 11) is 0. The van der Waals surface area contributed by atoms with E-state index in [1.54, 1.807) is 0 Å². The highest BCUT2D eigenvalue weighted by Crippen LogP contribution is 2.27. The Morgan fingerprint density at radius 2 is 1.82 bits per heavy atom. The molecule has 0 aliphatic carbocycles. The van der Waals surface area contributed by atoms with Gasteiger partial charge in [0.25, 0.3) is 0 Å². The van der Waals surface area contributed by atoms with Crippen LogP contribution in [-0.2, 0) is 6.42 Å². The Morgan fingerprint density at radius 3 is 2.41 bits per heavy atom. The topological polar surface area (TPSA) is 92.8 Å². The molecule has 1 atom stereocenters. The van der Waals surface area contributed by atoms with Crippen LogP contribution in [0.1, 0.15) is 15.9 Å². The Labute approximate surface area is 141 Å². The molecule has 0 aliphatic heterocycles. The molecule has 0 saturated carbocycles. The summed E-state index contributed by atoms with van der Waals surface area (Å²) >= 11 is 2.25. The maximum absolute atomic E-state index is 11.0. The van der Waals surface area contributed by atoms with E-state index in [-0.39, 0.29) is 17.4 Å². The summed E-state index contributed by atoms with van der Waals surface area (Å²) in [4.78, 5) is 11.0. The Morgan fingerprint density at radius 1 is 1.18 bits per heavy atom. The zero-order valence-corrected chi connectivity index (χ0v) is 13.9. The number of hydrogen-bond acceptors (Lipinski definition) is 4. The van der Waals surface area contributed by atoms with Gasteiger partial charge >= 0.3 is 5.97 Å². The normalized spacial score (nSPS) is 11.9. The van der Waals surface area contributed by atoms with Crippen molar-refractivity contribution in [2.24, 2.45) is 5.73 Å². The van der Waals surface area contributed by atoms with Gasteiger partial charge in [-0.1, -0.05) is 34.7 Å². The molecule has 5 nitrogen and oxygen atoms in total. The molecule has 22 heavy (non-hydrogen) atoms. The van der Waals surface area contributed by atoms with Gasteiger partial charge in [0, 0.05) is 10.5 Å². The molecule has 0 fully saturated rings. The minimum Gasteiger partial charge on any atom is -0.507 e. The van der Waals surface area contributed by atoms with Crippen LogP contribution in [0.3, 0.4) is 0 Å². The zero-order valence-electron chi connectivity index (χ0n) is 11.7. The maximum Gasteiger partial charge on any atom is 0.339 e. The molecular formula is C16H16INO4. The molecule has 0 radical (unpaired) electrons. The van der Waals surface area contributed by atoms with Crippen molar-refractivity contribution in [3.05, 3.63) is 53.6 Å². The minimum absolute atomic E-state index is 0.127. The number of ether oxygens (including phenoxy) is 1. The SMILES string of the molecule is N[C@H](CI)Cc1ccc(Oc2ccc(O)c(C(=O)O)c2)cc1. The van der Waals surface area contributed by atoms with Gasteiger partial charge in [-0.25, -0.2) is 4.79 Å². The summed E-state index contributed by atoms with van der Waals surface area (Å²) in [6.07, 6.45) is 0.797. The van der Waals surface area contributed by atoms with Crippen LogP contribution in [0.5, 0.6) is 17.2 Å². The van der Waals surface area contributed by atoms with Gasteiger partial charge in [0.15, 0.2) is 0 Å². The summed E-state index contributed by atoms with van der Waals surface area (Å²) in [5.41, 5.74) is 6.83. The fraction of sp³-hybridized carbons (Fsp3) is 0.188. The number of rotatable bonds is 6. The Hall–Kier alpha value is -1.80. The fourth-order valence-electron chi connectivity index (χ4n) is 1.94. The third-order valence-electron chi connectivity index (χ3n) is 3.05. The lowest BCUT2D eigenvalue weighted by molar-refractivity contribution is 0.0693. The Bertz CT molecular complexity index is 658. The van der Waals surface area contributed by atoms with Crippen molar-refractivity contribution < 1.29 is 19.7 Å². The van der Waals surface area contributed by atoms with E-state index in [1.807, 2.05) is 24.3 Å². The number of alkyl halides is 1. The lowest BCUT2D eigenvalue weighted by Crippen LogP contribution is -2.23. The fourth-order valence-corrected chi connectivity index (χ4v) is 2.25. The summed E-state index contributed by atoms with van der Waals surface area (Å²) < 4.78 is 6.49. The van der Waals surface area contributed by atoms with E-state index < -0.39 is 5.97 Å². The third kappa shape index (κ3) is 4.35. The maximum atomic E-state index is 11.0. The van der Waals surface area contributed by atoms with Crippen LogP contribution in [0.15, 0.2) is 42.5 Å². The number of hydrogen-bond donors (Lipinski definition) is 3. The summed E-state index contributed by atoms with van der Waals surface area (Å²) in [5, 5.41) is 18.4. The van der Waals surface area contributed by atoms with Crippen LogP contribution >= 0.6 is 22.6 Å². The largest absolute Gasteiger partial charge is 0.507 e. The van der Waals surface area contributed by atoms with E-state index in [2.05, 4.69) is 22.6 Å². The first-order valence-corrected chi connectivity index (χ1v) is 8.17. The molecule has 4 N–H and O–H groups in total. The number of carbonyl (C=O) groups is 1. The molecule has 6 heteroatoms. The van der Waals surface area contributed by atoms with Gasteiger partial charge in [-0.15, -0.1) is 0 Å². The quantitative estimate of drug-likeness (QED) is 0.500. The molecule has 2 aromatic carbocycles. The molecule has 0 bridgehead atoms. The standard InChI is InChI=1S/C16H16INO4/c17-9-11(18)7-10-1-3-12(4-2-10)22-13-5-6-15(19)14(8-13)16(20)21/h1-6,8,11,19H,7,9,18H2,(H,20,21)/t11-/m0/s1. The molecule has 0 aromatic heterocycles. The van der Waals surface area contributed by atoms with Crippen LogP contribution in [0.2, 0.25) is 0 Å². The summed E-state index contributed by atoms with van der Waals surface area (Å²) in [6.45, 7) is 0. The summed E-state index contributed by atoms with van der Waals surface area (Å²) in [5.74, 6) is -0.546. The highest BCUT2D eigenvalue weighted by molar-refractivity contribution is 14.1. The van der Waals surface area contributed by atoms with Crippen molar-refractivity contribution in [2.75, 3.05) is 4.43 Å². The second kappa shape index (κ2) is 7.46. The second-order valence-corrected chi connectivity index (χ2v) is 5.73. The second-order valence-electron chi connectivity index (χ2n) is 4.85. The van der Waals surface area contributed by atoms with Gasteiger partial charge < -0.3 is 20.7 Å². The number of carboxylic acids is 1. The molecule has 0 heterocycles. The minimum atomic E-state index is -1.20. The van der Waals surface area contributed by atoms with Crippen LogP contribution in [0, 0.1) is 0 Å². The predicted octanol–water partition coefficient (Wildman–Crippen LogP) is 3.19. The average molecular weight is 413 g/mol. The van der Waals surface area contributed by atoms with Crippen molar-refractivity contribution in [1.82, 2.24) is 0 Å². The molecule has 0 saturated heterocycles. The first-order valence-electron chi connectivity index (χ1n) is 6.64. The number of benzene rings is 2. The van der Waals surface area contributed by atoms with Gasteiger partial charge in [-0.05, 0) is 42.3 Å². The van der Waals surface area contributed by atoms with Gasteiger partial charge in [0.05, 0.1) is 0 Å². The van der Waals surface area contributed by atoms with E-state index in [0.29, 0.717) is 11.5 Å². The molecule has 2 rings (SSSR count). The highest BCUT2D eigenvalue weighted by atomic mass is 127. The Balaban J connectivity index is 2.11. The van der Waals surface area contributed by atoms with Crippen molar-refractivity contribution in [3.8, 4) is 17.2 Å². The van der Waals surface area contributed by atoms with E-state index in [1.165, 1.54) is 18.2 Å². The molecule has 0 amide bonds. The number of phenols is 1. The third-order valence-corrected chi connectivity index (χ3v) is 4.18. The molecule has 2 aromatic rings. The molecular weight excluding hydrogens is 397 g/mol. The Kier molecular flexibility index (Phi) is 5.62. The number of halogens is 1. The molecule has 0 aliphatic rings. The van der Waals surface area contributed by atoms with Gasteiger partial charge in [0.2, 0.25) is 0 Å². The van der Waals surface area contributed by atoms with Crippen molar-refractivity contribution in [2.45, 2.75) is 12.5 Å². The highest BCUT2D eigenvalue weighted by Gasteiger charge is 2.11. The van der Waals surface area contributed by atoms with Crippen LogP contribution in [-0.4, -0.2) is 26.7 Å². The van der Waals surface area contributed by atoms with E-state index in [4.69, 9.17) is 15.6 Å². The molecule has 116 valence electrons. The predicted molar refractivity (Wildman–Crippen MR) is 92.1 cm³/mol. The van der Waals surface area contributed by atoms with Crippen molar-refractivity contribution in [1.29, 1.82) is 0 Å². The first-order chi connectivity index (χ1) is 10.5. The number of aromatic carboxylic acids is 1. The van der Waals surface area contributed by atoms with E-state index in [0.717, 1.165) is 16.4 Å². The van der Waals surface area contributed by atoms with Crippen molar-refractivity contribution in [3.63, 3.8) is 0 Å². The first kappa shape index (κ1) is 16.6. The van der Waals surface area contributed by atoms with Gasteiger partial charge in [-0.3, -0.25) is 0 Å². The molecule has 0 spiro atoms. The van der Waals surface area contributed by atoms with Crippen LogP contribution in [0.25, 0.3) is 0 Å². The average Bonchev–Trinajstić information content (AvgIpc) is 2.50. The van der Waals surface area contributed by atoms with Gasteiger partial charge in [-0.2, -0.15) is 0 Å². The zero-order chi connectivity index (χ0) is 16.1.